The number of nitrogens with one attached hydrogen (secondary N) is 3. The van der Waals surface area contributed by atoms with Crippen molar-refractivity contribution >= 4 is 15.9 Å². The Kier molecular flexibility index (Phi) is 7.11. The summed E-state index contributed by atoms with van der Waals surface area (Å²) in [6, 6.07) is 10.4. The van der Waals surface area contributed by atoms with E-state index in [-0.39, 0.29) is 22.5 Å². The molecule has 3 N–H and O–H groups in total. The number of hydrazine groups is 1. The number of nitrogens with zero attached hydrogens (tertiary/aromatic N) is 1. The van der Waals surface area contributed by atoms with Crippen molar-refractivity contribution in [3.8, 4) is 11.5 Å². The molecule has 0 spiro atoms. The smallest absolute Gasteiger partial charge is 0.247 e. The number of ether oxygens (including phenoxy) is 2. The molecule has 0 bridgehead atoms. The zero-order valence-corrected chi connectivity index (χ0v) is 18.2. The highest BCUT2D eigenvalue weighted by atomic mass is 32.2. The summed E-state index contributed by atoms with van der Waals surface area (Å²) in [5.41, 5.74) is 6.67. The number of rotatable bonds is 8. The van der Waals surface area contributed by atoms with E-state index in [1.165, 1.54) is 45.5 Å². The molecule has 2 aromatic carbocycles. The van der Waals surface area contributed by atoms with Gasteiger partial charge in [0.1, 0.15) is 22.2 Å². The highest BCUT2D eigenvalue weighted by molar-refractivity contribution is 7.89. The number of methoxy groups -OCH3 is 2. The summed E-state index contributed by atoms with van der Waals surface area (Å²) in [5, 5.41) is 2.73. The average Bonchev–Trinajstić information content (AvgIpc) is 3.21. The summed E-state index contributed by atoms with van der Waals surface area (Å²) in [5.74, 6) is -0.340. The Morgan fingerprint density at radius 2 is 1.97 bits per heavy atom. The average molecular weight is 453 g/mol. The van der Waals surface area contributed by atoms with Gasteiger partial charge in [-0.1, -0.05) is 12.1 Å². The second kappa shape index (κ2) is 9.60. The van der Waals surface area contributed by atoms with Crippen LogP contribution < -0.4 is 25.6 Å². The lowest BCUT2D eigenvalue weighted by molar-refractivity contribution is -0.122. The fourth-order valence-corrected chi connectivity index (χ4v) is 4.57. The van der Waals surface area contributed by atoms with Gasteiger partial charge in [-0.2, -0.15) is 4.31 Å². The molecule has 1 heterocycles. The van der Waals surface area contributed by atoms with Crippen molar-refractivity contribution in [1.29, 1.82) is 0 Å². The molecule has 1 amide bonds. The summed E-state index contributed by atoms with van der Waals surface area (Å²) in [4.78, 5) is 12.4. The van der Waals surface area contributed by atoms with Crippen molar-refractivity contribution in [2.45, 2.75) is 23.5 Å². The molecule has 1 saturated heterocycles. The summed E-state index contributed by atoms with van der Waals surface area (Å²) in [6.07, 6.45) is 0.0262. The van der Waals surface area contributed by atoms with Gasteiger partial charge in [-0.15, -0.1) is 0 Å². The van der Waals surface area contributed by atoms with Crippen LogP contribution in [0.4, 0.5) is 4.39 Å². The Morgan fingerprint density at radius 1 is 1.19 bits per heavy atom. The van der Waals surface area contributed by atoms with Crippen LogP contribution in [0.2, 0.25) is 0 Å². The summed E-state index contributed by atoms with van der Waals surface area (Å²) >= 11 is 0. The third kappa shape index (κ3) is 5.31. The molecule has 0 radical (unpaired) electrons. The fourth-order valence-electron chi connectivity index (χ4n) is 3.27. The molecular weight excluding hydrogens is 427 g/mol. The number of carbonyl (C=O) groups is 1. The normalized spacial score (nSPS) is 18.7. The number of sulfonamides is 1. The van der Waals surface area contributed by atoms with E-state index in [2.05, 4.69) is 16.2 Å². The molecule has 0 saturated carbocycles. The van der Waals surface area contributed by atoms with Crippen molar-refractivity contribution in [2.24, 2.45) is 0 Å². The number of halogens is 1. The van der Waals surface area contributed by atoms with Gasteiger partial charge in [-0.3, -0.25) is 4.79 Å². The minimum Gasteiger partial charge on any atom is -0.497 e. The second-order valence-corrected chi connectivity index (χ2v) is 9.04. The highest BCUT2D eigenvalue weighted by Crippen LogP contribution is 2.30. The minimum atomic E-state index is -4.01. The first kappa shape index (κ1) is 22.9. The van der Waals surface area contributed by atoms with Crippen LogP contribution >= 0.6 is 0 Å². The maximum Gasteiger partial charge on any atom is 0.247 e. The van der Waals surface area contributed by atoms with Gasteiger partial charge < -0.3 is 14.8 Å². The van der Waals surface area contributed by atoms with E-state index >= 15 is 0 Å². The van der Waals surface area contributed by atoms with Crippen molar-refractivity contribution in [3.05, 3.63) is 53.8 Å². The first-order valence-electron chi connectivity index (χ1n) is 9.49. The van der Waals surface area contributed by atoms with Crippen molar-refractivity contribution < 1.29 is 27.1 Å². The molecule has 2 atom stereocenters. The lowest BCUT2D eigenvalue weighted by Gasteiger charge is -2.20. The van der Waals surface area contributed by atoms with E-state index < -0.39 is 28.6 Å². The minimum absolute atomic E-state index is 0.100. The quantitative estimate of drug-likeness (QED) is 0.551. The molecule has 0 aliphatic carbocycles. The number of amides is 1. The van der Waals surface area contributed by atoms with E-state index in [9.17, 15) is 17.6 Å². The van der Waals surface area contributed by atoms with Gasteiger partial charge in [0.25, 0.3) is 0 Å². The second-order valence-electron chi connectivity index (χ2n) is 7.03. The van der Waals surface area contributed by atoms with Gasteiger partial charge in [0, 0.05) is 25.6 Å². The number of benzene rings is 2. The monoisotopic (exact) mass is 452 g/mol. The number of likely N-dealkylation sites (N-methyl/N-ethyl adjacent to an activating group) is 1. The van der Waals surface area contributed by atoms with Crippen LogP contribution in [0.15, 0.2) is 47.4 Å². The Labute approximate surface area is 180 Å². The topological polar surface area (TPSA) is 109 Å². The zero-order valence-electron chi connectivity index (χ0n) is 17.4. The van der Waals surface area contributed by atoms with Crippen LogP contribution in [0.25, 0.3) is 0 Å². The molecule has 1 aliphatic heterocycles. The largest absolute Gasteiger partial charge is 0.497 e. The molecule has 9 nitrogen and oxygen atoms in total. The summed E-state index contributed by atoms with van der Waals surface area (Å²) < 4.78 is 50.5. The molecule has 11 heteroatoms. The number of hydrogen-bond donors (Lipinski definition) is 3. The summed E-state index contributed by atoms with van der Waals surface area (Å²) in [7, 11) is 0.0856. The van der Waals surface area contributed by atoms with E-state index in [1.807, 2.05) is 0 Å². The predicted octanol–water partition coefficient (Wildman–Crippen LogP) is 1.14. The molecule has 168 valence electrons. The predicted molar refractivity (Wildman–Crippen MR) is 111 cm³/mol. The number of hydrogen-bond acceptors (Lipinski definition) is 7. The first-order chi connectivity index (χ1) is 14.7. The lowest BCUT2D eigenvalue weighted by atomic mass is 10.0. The van der Waals surface area contributed by atoms with Crippen molar-refractivity contribution in [3.63, 3.8) is 0 Å². The summed E-state index contributed by atoms with van der Waals surface area (Å²) in [6.45, 7) is -0.397. The maximum absolute atomic E-state index is 13.4. The van der Waals surface area contributed by atoms with Crippen LogP contribution in [0.5, 0.6) is 11.5 Å². The van der Waals surface area contributed by atoms with Gasteiger partial charge in [0.15, 0.2) is 0 Å². The van der Waals surface area contributed by atoms with Gasteiger partial charge in [0.2, 0.25) is 15.9 Å². The molecule has 3 rings (SSSR count). The molecule has 31 heavy (non-hydrogen) atoms. The van der Waals surface area contributed by atoms with Crippen LogP contribution in [0, 0.1) is 5.82 Å². The van der Waals surface area contributed by atoms with E-state index in [0.29, 0.717) is 12.2 Å². The SMILES string of the molecule is COc1ccc(OC)c(S(=O)(=O)N(C)CC(=O)NC2CC(c3cccc(F)c3)NN2)c1. The van der Waals surface area contributed by atoms with Gasteiger partial charge in [-0.05, 0) is 29.8 Å². The fraction of sp³-hybridized carbons (Fsp3) is 0.350. The molecule has 2 unspecified atom stereocenters. The van der Waals surface area contributed by atoms with Crippen molar-refractivity contribution in [2.75, 3.05) is 27.8 Å². The van der Waals surface area contributed by atoms with Crippen molar-refractivity contribution in [1.82, 2.24) is 20.5 Å². The Morgan fingerprint density at radius 3 is 2.65 bits per heavy atom. The number of carbonyl (C=O) groups excluding carboxylic acids is 1. The third-order valence-electron chi connectivity index (χ3n) is 4.91. The zero-order chi connectivity index (χ0) is 22.6. The van der Waals surface area contributed by atoms with E-state index in [0.717, 1.165) is 9.87 Å². The Balaban J connectivity index is 1.63. The highest BCUT2D eigenvalue weighted by Gasteiger charge is 2.30. The first-order valence-corrected chi connectivity index (χ1v) is 10.9. The van der Waals surface area contributed by atoms with Crippen LogP contribution in [0.1, 0.15) is 18.0 Å². The Hall–Kier alpha value is -2.73. The van der Waals surface area contributed by atoms with Gasteiger partial charge in [-0.25, -0.2) is 23.7 Å². The standard InChI is InChI=1S/C20H25FN4O5S/c1-25(31(27,28)18-10-15(29-2)7-8-17(18)30-3)12-20(26)22-19-11-16(23-24-19)13-5-4-6-14(21)9-13/h4-10,16,19,23-24H,11-12H2,1-3H3,(H,22,26). The molecule has 1 aliphatic rings. The van der Waals surface area contributed by atoms with Crippen LogP contribution in [-0.2, 0) is 14.8 Å². The lowest BCUT2D eigenvalue weighted by Crippen LogP contribution is -2.48. The molecular formula is C20H25FN4O5S. The van der Waals surface area contributed by atoms with Gasteiger partial charge >= 0.3 is 0 Å². The molecule has 1 fully saturated rings. The molecule has 2 aromatic rings. The maximum atomic E-state index is 13.4. The van der Waals surface area contributed by atoms with E-state index in [1.54, 1.807) is 18.2 Å². The van der Waals surface area contributed by atoms with E-state index in [4.69, 9.17) is 9.47 Å². The Bertz CT molecular complexity index is 1050. The third-order valence-corrected chi connectivity index (χ3v) is 6.74. The molecule has 0 aromatic heterocycles. The van der Waals surface area contributed by atoms with Gasteiger partial charge in [0.05, 0.1) is 26.9 Å². The van der Waals surface area contributed by atoms with Crippen LogP contribution in [-0.4, -0.2) is 52.6 Å². The van der Waals surface area contributed by atoms with Crippen LogP contribution in [0.3, 0.4) is 0 Å².